The van der Waals surface area contributed by atoms with E-state index in [2.05, 4.69) is 23.8 Å². The second-order valence-electron chi connectivity index (χ2n) is 4.15. The minimum Gasteiger partial charge on any atom is -0.378 e. The van der Waals surface area contributed by atoms with Crippen LogP contribution in [0.1, 0.15) is 19.3 Å². The molecule has 2 nitrogen and oxygen atoms in total. The topological polar surface area (TPSA) is 15.3 Å². The van der Waals surface area contributed by atoms with Crippen molar-refractivity contribution in [1.29, 1.82) is 0 Å². The van der Waals surface area contributed by atoms with Crippen molar-refractivity contribution in [2.24, 2.45) is 5.41 Å². The number of nitrogens with one attached hydrogen (secondary N) is 1. The van der Waals surface area contributed by atoms with E-state index in [0.717, 1.165) is 0 Å². The Labute approximate surface area is 74.6 Å². The van der Waals surface area contributed by atoms with Crippen molar-refractivity contribution < 1.29 is 0 Å². The Hall–Kier alpha value is -0.500. The first-order valence-electron chi connectivity index (χ1n) is 4.86. The number of piperidine rings is 1. The van der Waals surface area contributed by atoms with Crippen molar-refractivity contribution in [3.05, 3.63) is 12.3 Å². The van der Waals surface area contributed by atoms with Crippen LogP contribution in [0.2, 0.25) is 0 Å². The van der Waals surface area contributed by atoms with Crippen LogP contribution < -0.4 is 5.32 Å². The summed E-state index contributed by atoms with van der Waals surface area (Å²) in [6, 6.07) is 0. The van der Waals surface area contributed by atoms with Crippen LogP contribution in [-0.4, -0.2) is 31.6 Å². The summed E-state index contributed by atoms with van der Waals surface area (Å²) in [5.74, 6) is 0. The van der Waals surface area contributed by atoms with Crippen LogP contribution in [0.3, 0.4) is 0 Å². The first-order valence-corrected chi connectivity index (χ1v) is 4.86. The lowest BCUT2D eigenvalue weighted by Gasteiger charge is -2.35. The molecule has 1 N–H and O–H groups in total. The number of likely N-dealkylation sites (tertiary alicyclic amines) is 1. The molecule has 0 saturated carbocycles. The van der Waals surface area contributed by atoms with E-state index in [4.69, 9.17) is 0 Å². The van der Waals surface area contributed by atoms with Gasteiger partial charge in [0.05, 0.1) is 0 Å². The number of nitrogens with zero attached hydrogens (tertiary/aromatic N) is 1. The summed E-state index contributed by atoms with van der Waals surface area (Å²) in [4.78, 5) is 2.32. The molecule has 2 saturated heterocycles. The summed E-state index contributed by atoms with van der Waals surface area (Å²) >= 11 is 0. The van der Waals surface area contributed by atoms with Crippen LogP contribution in [0.4, 0.5) is 0 Å². The molecule has 0 aliphatic carbocycles. The smallest absolute Gasteiger partial charge is 0.0180 e. The van der Waals surface area contributed by atoms with Gasteiger partial charge in [-0.25, -0.2) is 0 Å². The molecule has 68 valence electrons. The maximum atomic E-state index is 4.21. The van der Waals surface area contributed by atoms with Gasteiger partial charge >= 0.3 is 0 Å². The third-order valence-electron chi connectivity index (χ3n) is 3.56. The largest absolute Gasteiger partial charge is 0.378 e. The summed E-state index contributed by atoms with van der Waals surface area (Å²) in [6.45, 7) is 7.76. The monoisotopic (exact) mass is 166 g/mol. The van der Waals surface area contributed by atoms with Crippen molar-refractivity contribution in [2.45, 2.75) is 19.3 Å². The van der Waals surface area contributed by atoms with Gasteiger partial charge in [-0.3, -0.25) is 0 Å². The maximum absolute atomic E-state index is 4.21. The predicted octanol–water partition coefficient (Wildman–Crippen LogP) is 1.21. The number of hydrogen-bond donors (Lipinski definition) is 1. The first-order chi connectivity index (χ1) is 5.75. The first kappa shape index (κ1) is 8.11. The highest BCUT2D eigenvalue weighted by Crippen LogP contribution is 2.45. The summed E-state index contributed by atoms with van der Waals surface area (Å²) < 4.78 is 0. The van der Waals surface area contributed by atoms with Gasteiger partial charge in [0.25, 0.3) is 0 Å². The lowest BCUT2D eigenvalue weighted by Crippen LogP contribution is -2.36. The fourth-order valence-electron chi connectivity index (χ4n) is 2.51. The van der Waals surface area contributed by atoms with E-state index in [1.54, 1.807) is 0 Å². The third kappa shape index (κ3) is 1.06. The summed E-state index contributed by atoms with van der Waals surface area (Å²) in [5.41, 5.74) is 1.85. The summed E-state index contributed by atoms with van der Waals surface area (Å²) in [5, 5.41) is 3.41. The number of allylic oxidation sites excluding steroid dienone is 1. The van der Waals surface area contributed by atoms with Crippen molar-refractivity contribution >= 4 is 0 Å². The van der Waals surface area contributed by atoms with E-state index in [1.807, 2.05) is 0 Å². The molecule has 2 fully saturated rings. The van der Waals surface area contributed by atoms with E-state index in [9.17, 15) is 0 Å². The average Bonchev–Trinajstić information content (AvgIpc) is 2.37. The average molecular weight is 166 g/mol. The van der Waals surface area contributed by atoms with Gasteiger partial charge in [-0.05, 0) is 32.4 Å². The second-order valence-corrected chi connectivity index (χ2v) is 4.15. The molecule has 0 bridgehead atoms. The van der Waals surface area contributed by atoms with Crippen LogP contribution in [0, 0.1) is 5.41 Å². The van der Waals surface area contributed by atoms with Gasteiger partial charge in [-0.1, -0.05) is 6.58 Å². The predicted molar refractivity (Wildman–Crippen MR) is 50.9 cm³/mol. The molecule has 12 heavy (non-hydrogen) atoms. The zero-order chi connectivity index (χ0) is 8.60. The fourth-order valence-corrected chi connectivity index (χ4v) is 2.51. The molecule has 2 aliphatic rings. The van der Waals surface area contributed by atoms with E-state index >= 15 is 0 Å². The number of rotatable bonds is 0. The Bertz CT molecular complexity index is 187. The van der Waals surface area contributed by atoms with Crippen LogP contribution in [-0.2, 0) is 0 Å². The maximum Gasteiger partial charge on any atom is 0.0180 e. The number of hydrogen-bond acceptors (Lipinski definition) is 2. The lowest BCUT2D eigenvalue weighted by molar-refractivity contribution is 0.258. The molecular formula is C10H18N2. The van der Waals surface area contributed by atoms with Gasteiger partial charge in [0.15, 0.2) is 0 Å². The Morgan fingerprint density at radius 1 is 1.33 bits per heavy atom. The fraction of sp³-hybridized carbons (Fsp3) is 0.800. The van der Waals surface area contributed by atoms with Gasteiger partial charge in [0.2, 0.25) is 0 Å². The molecule has 2 aliphatic heterocycles. The normalized spacial score (nSPS) is 28.4. The SMILES string of the molecule is C=C1N(C)CCC12CCNCC2. The molecule has 2 heterocycles. The van der Waals surface area contributed by atoms with Gasteiger partial charge in [0.1, 0.15) is 0 Å². The summed E-state index contributed by atoms with van der Waals surface area (Å²) in [6.07, 6.45) is 3.90. The molecule has 0 aromatic heterocycles. The van der Waals surface area contributed by atoms with Crippen LogP contribution >= 0.6 is 0 Å². The lowest BCUT2D eigenvalue weighted by atomic mass is 9.76. The Morgan fingerprint density at radius 3 is 2.50 bits per heavy atom. The Kier molecular flexibility index (Phi) is 1.87. The second kappa shape index (κ2) is 2.77. The highest BCUT2D eigenvalue weighted by atomic mass is 15.1. The molecule has 1 spiro atoms. The molecule has 0 atom stereocenters. The van der Waals surface area contributed by atoms with Gasteiger partial charge in [-0.2, -0.15) is 0 Å². The molecule has 0 aromatic rings. The Morgan fingerprint density at radius 2 is 2.00 bits per heavy atom. The molecule has 2 heteroatoms. The van der Waals surface area contributed by atoms with Crippen molar-refractivity contribution in [3.63, 3.8) is 0 Å². The molecule has 0 aromatic carbocycles. The minimum atomic E-state index is 0.472. The van der Waals surface area contributed by atoms with Gasteiger partial charge < -0.3 is 10.2 Å². The van der Waals surface area contributed by atoms with E-state index < -0.39 is 0 Å². The summed E-state index contributed by atoms with van der Waals surface area (Å²) in [7, 11) is 2.17. The van der Waals surface area contributed by atoms with Gasteiger partial charge in [-0.15, -0.1) is 0 Å². The van der Waals surface area contributed by atoms with Crippen molar-refractivity contribution in [1.82, 2.24) is 10.2 Å². The van der Waals surface area contributed by atoms with E-state index in [0.29, 0.717) is 5.41 Å². The Balaban J connectivity index is 2.14. The van der Waals surface area contributed by atoms with Crippen LogP contribution in [0.5, 0.6) is 0 Å². The van der Waals surface area contributed by atoms with Crippen molar-refractivity contribution in [2.75, 3.05) is 26.7 Å². The third-order valence-corrected chi connectivity index (χ3v) is 3.56. The molecule has 0 radical (unpaired) electrons. The zero-order valence-corrected chi connectivity index (χ0v) is 7.90. The minimum absolute atomic E-state index is 0.472. The molecule has 2 rings (SSSR count). The standard InChI is InChI=1S/C10H18N2/c1-9-10(5-8-12(9)2)3-6-11-7-4-10/h11H,1,3-8H2,2H3. The van der Waals surface area contributed by atoms with Crippen LogP contribution in [0.15, 0.2) is 12.3 Å². The molecule has 0 amide bonds. The zero-order valence-electron chi connectivity index (χ0n) is 7.90. The molecule has 0 unspecified atom stereocenters. The van der Waals surface area contributed by atoms with Crippen LogP contribution in [0.25, 0.3) is 0 Å². The highest BCUT2D eigenvalue weighted by molar-refractivity contribution is 5.15. The molecular weight excluding hydrogens is 148 g/mol. The van der Waals surface area contributed by atoms with Gasteiger partial charge in [0, 0.05) is 24.7 Å². The highest BCUT2D eigenvalue weighted by Gasteiger charge is 2.40. The van der Waals surface area contributed by atoms with E-state index in [1.165, 1.54) is 44.6 Å². The van der Waals surface area contributed by atoms with E-state index in [-0.39, 0.29) is 0 Å². The quantitative estimate of drug-likeness (QED) is 0.582. The van der Waals surface area contributed by atoms with Crippen molar-refractivity contribution in [3.8, 4) is 0 Å².